The highest BCUT2D eigenvalue weighted by atomic mass is 16.5. The summed E-state index contributed by atoms with van der Waals surface area (Å²) in [5, 5.41) is 6.66. The normalized spacial score (nSPS) is 10.6. The zero-order valence-electron chi connectivity index (χ0n) is 10.3. The first-order valence-electron chi connectivity index (χ1n) is 5.71. The minimum atomic E-state index is 0.206. The lowest BCUT2D eigenvalue weighted by atomic mass is 10.3. The highest BCUT2D eigenvalue weighted by Gasteiger charge is 2.06. The van der Waals surface area contributed by atoms with Gasteiger partial charge in [0.2, 0.25) is 17.8 Å². The summed E-state index contributed by atoms with van der Waals surface area (Å²) in [7, 11) is 0. The number of aromatic nitrogens is 5. The maximum absolute atomic E-state index is 5.61. The second-order valence-electron chi connectivity index (χ2n) is 3.77. The first-order valence-corrected chi connectivity index (χ1v) is 5.71. The Morgan fingerprint density at radius 2 is 2.06 bits per heavy atom. The van der Waals surface area contributed by atoms with Gasteiger partial charge in [-0.05, 0) is 13.3 Å². The molecule has 0 aliphatic rings. The van der Waals surface area contributed by atoms with Gasteiger partial charge in [0.15, 0.2) is 5.82 Å². The van der Waals surface area contributed by atoms with Crippen LogP contribution in [0.1, 0.15) is 30.9 Å². The largest absolute Gasteiger partial charge is 0.368 e. The third-order valence-corrected chi connectivity index (χ3v) is 2.14. The summed E-state index contributed by atoms with van der Waals surface area (Å²) >= 11 is 0. The van der Waals surface area contributed by atoms with Crippen LogP contribution in [-0.2, 0) is 13.0 Å². The molecular weight excluding hydrogens is 234 g/mol. The molecule has 0 bridgehead atoms. The molecule has 3 N–H and O–H groups in total. The van der Waals surface area contributed by atoms with Crippen molar-refractivity contribution in [2.24, 2.45) is 0 Å². The van der Waals surface area contributed by atoms with E-state index in [9.17, 15) is 0 Å². The lowest BCUT2D eigenvalue weighted by molar-refractivity contribution is 0.379. The molecule has 0 saturated heterocycles. The first kappa shape index (κ1) is 12.2. The average Bonchev–Trinajstić information content (AvgIpc) is 2.72. The van der Waals surface area contributed by atoms with Crippen LogP contribution in [0.4, 0.5) is 11.9 Å². The monoisotopic (exact) mass is 249 g/mol. The van der Waals surface area contributed by atoms with Gasteiger partial charge in [0, 0.05) is 6.42 Å². The van der Waals surface area contributed by atoms with Crippen molar-refractivity contribution in [3.63, 3.8) is 0 Å². The Labute approximate surface area is 104 Å². The molecule has 0 radical (unpaired) electrons. The third-order valence-electron chi connectivity index (χ3n) is 2.14. The van der Waals surface area contributed by atoms with E-state index in [0.29, 0.717) is 30.0 Å². The quantitative estimate of drug-likeness (QED) is 0.795. The Morgan fingerprint density at radius 1 is 1.22 bits per heavy atom. The molecule has 96 valence electrons. The second kappa shape index (κ2) is 5.39. The van der Waals surface area contributed by atoms with Gasteiger partial charge in [-0.15, -0.1) is 0 Å². The van der Waals surface area contributed by atoms with Crippen molar-refractivity contribution >= 4 is 11.9 Å². The fraction of sp³-hybridized carbons (Fsp3) is 0.500. The zero-order chi connectivity index (χ0) is 13.0. The van der Waals surface area contributed by atoms with Crippen LogP contribution in [0.15, 0.2) is 4.52 Å². The fourth-order valence-corrected chi connectivity index (χ4v) is 1.42. The molecule has 0 unspecified atom stereocenters. The molecule has 0 amide bonds. The Balaban J connectivity index is 2.04. The average molecular weight is 249 g/mol. The summed E-state index contributed by atoms with van der Waals surface area (Å²) in [6, 6.07) is 0. The van der Waals surface area contributed by atoms with Crippen LogP contribution in [-0.4, -0.2) is 25.1 Å². The Kier molecular flexibility index (Phi) is 3.66. The number of nitrogen functional groups attached to an aromatic ring is 1. The molecular formula is C10H15N7O. The summed E-state index contributed by atoms with van der Waals surface area (Å²) in [5.41, 5.74) is 5.61. The number of hydrogen-bond donors (Lipinski definition) is 2. The number of rotatable bonds is 5. The second-order valence-corrected chi connectivity index (χ2v) is 3.77. The highest BCUT2D eigenvalue weighted by Crippen LogP contribution is 2.06. The van der Waals surface area contributed by atoms with Gasteiger partial charge in [-0.3, -0.25) is 0 Å². The van der Waals surface area contributed by atoms with Gasteiger partial charge in [0.1, 0.15) is 5.82 Å². The third kappa shape index (κ3) is 3.12. The standard InChI is InChI=1S/C10H15N7O/c1-3-4-7-14-9(11)16-10(15-7)12-5-8-13-6(2)17-18-8/h3-5H2,1-2H3,(H3,11,12,14,15,16). The first-order chi connectivity index (χ1) is 8.67. The van der Waals surface area contributed by atoms with E-state index in [0.717, 1.165) is 12.8 Å². The van der Waals surface area contributed by atoms with Gasteiger partial charge in [0.05, 0.1) is 6.54 Å². The molecule has 2 aromatic rings. The zero-order valence-corrected chi connectivity index (χ0v) is 10.3. The summed E-state index contributed by atoms with van der Waals surface area (Å²) < 4.78 is 4.97. The highest BCUT2D eigenvalue weighted by molar-refractivity contribution is 5.31. The van der Waals surface area contributed by atoms with Crippen molar-refractivity contribution in [1.82, 2.24) is 25.1 Å². The Bertz CT molecular complexity index is 525. The number of nitrogens with one attached hydrogen (secondary N) is 1. The summed E-state index contributed by atoms with van der Waals surface area (Å²) in [4.78, 5) is 16.3. The molecule has 8 nitrogen and oxygen atoms in total. The smallest absolute Gasteiger partial charge is 0.246 e. The van der Waals surface area contributed by atoms with Crippen molar-refractivity contribution in [3.05, 3.63) is 17.5 Å². The number of nitrogens with zero attached hydrogens (tertiary/aromatic N) is 5. The lowest BCUT2D eigenvalue weighted by Crippen LogP contribution is -2.09. The maximum Gasteiger partial charge on any atom is 0.246 e. The molecule has 2 rings (SSSR count). The molecule has 0 atom stereocenters. The van der Waals surface area contributed by atoms with Crippen LogP contribution in [0.25, 0.3) is 0 Å². The molecule has 0 fully saturated rings. The summed E-state index contributed by atoms with van der Waals surface area (Å²) in [6.45, 7) is 4.16. The number of aryl methyl sites for hydroxylation is 2. The molecule has 2 heterocycles. The molecule has 0 saturated carbocycles. The van der Waals surface area contributed by atoms with E-state index in [2.05, 4.69) is 30.4 Å². The number of nitrogens with two attached hydrogens (primary N) is 1. The van der Waals surface area contributed by atoms with Crippen LogP contribution < -0.4 is 11.1 Å². The van der Waals surface area contributed by atoms with E-state index in [1.165, 1.54) is 0 Å². The van der Waals surface area contributed by atoms with E-state index < -0.39 is 0 Å². The van der Waals surface area contributed by atoms with Crippen molar-refractivity contribution in [2.45, 2.75) is 33.2 Å². The Morgan fingerprint density at radius 3 is 2.72 bits per heavy atom. The number of hydrogen-bond acceptors (Lipinski definition) is 8. The molecule has 0 aliphatic heterocycles. The van der Waals surface area contributed by atoms with Crippen LogP contribution in [0, 0.1) is 6.92 Å². The van der Waals surface area contributed by atoms with Crippen LogP contribution in [0.3, 0.4) is 0 Å². The SMILES string of the molecule is CCCc1nc(N)nc(NCc2nc(C)no2)n1. The van der Waals surface area contributed by atoms with Crippen molar-refractivity contribution < 1.29 is 4.52 Å². The maximum atomic E-state index is 5.61. The van der Waals surface area contributed by atoms with Gasteiger partial charge >= 0.3 is 0 Å². The molecule has 0 aromatic carbocycles. The predicted molar refractivity (Wildman–Crippen MR) is 64.6 cm³/mol. The van der Waals surface area contributed by atoms with Gasteiger partial charge in [-0.25, -0.2) is 0 Å². The van der Waals surface area contributed by atoms with Crippen molar-refractivity contribution in [1.29, 1.82) is 0 Å². The van der Waals surface area contributed by atoms with E-state index in [4.69, 9.17) is 10.3 Å². The van der Waals surface area contributed by atoms with Gasteiger partial charge in [-0.2, -0.15) is 19.9 Å². The molecule has 18 heavy (non-hydrogen) atoms. The minimum absolute atomic E-state index is 0.206. The van der Waals surface area contributed by atoms with E-state index in [1.807, 2.05) is 6.92 Å². The van der Waals surface area contributed by atoms with E-state index in [-0.39, 0.29) is 5.95 Å². The van der Waals surface area contributed by atoms with Crippen molar-refractivity contribution in [2.75, 3.05) is 11.1 Å². The van der Waals surface area contributed by atoms with Crippen LogP contribution >= 0.6 is 0 Å². The Hall–Kier alpha value is -2.25. The predicted octanol–water partition coefficient (Wildman–Crippen LogP) is 0.710. The summed E-state index contributed by atoms with van der Waals surface area (Å²) in [6.07, 6.45) is 1.72. The lowest BCUT2D eigenvalue weighted by Gasteiger charge is -2.04. The van der Waals surface area contributed by atoms with Gasteiger partial charge < -0.3 is 15.6 Å². The van der Waals surface area contributed by atoms with E-state index >= 15 is 0 Å². The topological polar surface area (TPSA) is 116 Å². The van der Waals surface area contributed by atoms with Crippen molar-refractivity contribution in [3.8, 4) is 0 Å². The van der Waals surface area contributed by atoms with Crippen LogP contribution in [0.5, 0.6) is 0 Å². The van der Waals surface area contributed by atoms with Gasteiger partial charge in [0.25, 0.3) is 0 Å². The van der Waals surface area contributed by atoms with E-state index in [1.54, 1.807) is 6.92 Å². The van der Waals surface area contributed by atoms with Crippen LogP contribution in [0.2, 0.25) is 0 Å². The minimum Gasteiger partial charge on any atom is -0.368 e. The number of anilines is 2. The summed E-state index contributed by atoms with van der Waals surface area (Å²) in [5.74, 6) is 2.37. The molecule has 2 aromatic heterocycles. The molecule has 0 aliphatic carbocycles. The fourth-order valence-electron chi connectivity index (χ4n) is 1.42. The molecule has 8 heteroatoms. The van der Waals surface area contributed by atoms with Gasteiger partial charge in [-0.1, -0.05) is 12.1 Å². The molecule has 0 spiro atoms.